The summed E-state index contributed by atoms with van der Waals surface area (Å²) >= 11 is 2.10. The maximum absolute atomic E-state index is 12.4. The van der Waals surface area contributed by atoms with E-state index in [4.69, 9.17) is 4.74 Å². The van der Waals surface area contributed by atoms with Crippen molar-refractivity contribution < 1.29 is 9.53 Å². The van der Waals surface area contributed by atoms with Crippen LogP contribution in [-0.2, 0) is 9.53 Å². The second kappa shape index (κ2) is 7.72. The van der Waals surface area contributed by atoms with Crippen molar-refractivity contribution in [2.75, 3.05) is 6.61 Å². The molecule has 0 aromatic rings. The van der Waals surface area contributed by atoms with Gasteiger partial charge in [0.15, 0.2) is 0 Å². The summed E-state index contributed by atoms with van der Waals surface area (Å²) < 4.78 is 5.35. The highest BCUT2D eigenvalue weighted by molar-refractivity contribution is 8.00. The van der Waals surface area contributed by atoms with Crippen LogP contribution in [0.25, 0.3) is 0 Å². The Hall–Kier alpha value is -0.700. The second-order valence-electron chi connectivity index (χ2n) is 6.86. The molecular formula is C19H28O2S. The number of thioether (sulfide) groups is 1. The predicted molar refractivity (Wildman–Crippen MR) is 92.9 cm³/mol. The molecule has 0 aliphatic heterocycles. The molecule has 0 amide bonds. The van der Waals surface area contributed by atoms with E-state index in [1.54, 1.807) is 0 Å². The maximum atomic E-state index is 12.4. The first-order valence-corrected chi connectivity index (χ1v) is 9.91. The molecule has 0 N–H and O–H groups in total. The summed E-state index contributed by atoms with van der Waals surface area (Å²) in [6.45, 7) is 2.38. The lowest BCUT2D eigenvalue weighted by atomic mass is 9.85. The smallest absolute Gasteiger partial charge is 0.313 e. The van der Waals surface area contributed by atoms with E-state index in [1.807, 2.05) is 6.92 Å². The summed E-state index contributed by atoms with van der Waals surface area (Å²) in [6, 6.07) is 0. The van der Waals surface area contributed by atoms with Gasteiger partial charge in [0.1, 0.15) is 0 Å². The van der Waals surface area contributed by atoms with Crippen LogP contribution in [0, 0.1) is 11.8 Å². The zero-order valence-electron chi connectivity index (χ0n) is 13.6. The number of hydrogen-bond acceptors (Lipinski definition) is 3. The summed E-state index contributed by atoms with van der Waals surface area (Å²) in [5.41, 5.74) is 1.21. The highest BCUT2D eigenvalue weighted by Crippen LogP contribution is 2.41. The average molecular weight is 320 g/mol. The van der Waals surface area contributed by atoms with Crippen molar-refractivity contribution in [3.63, 3.8) is 0 Å². The summed E-state index contributed by atoms with van der Waals surface area (Å²) in [7, 11) is 0. The van der Waals surface area contributed by atoms with Gasteiger partial charge in [0, 0.05) is 10.5 Å². The lowest BCUT2D eigenvalue weighted by Crippen LogP contribution is -2.23. The molecule has 0 bridgehead atoms. The lowest BCUT2D eigenvalue weighted by molar-refractivity contribution is -0.147. The van der Waals surface area contributed by atoms with Gasteiger partial charge in [-0.15, -0.1) is 0 Å². The van der Waals surface area contributed by atoms with Crippen LogP contribution in [0.5, 0.6) is 0 Å². The largest absolute Gasteiger partial charge is 0.466 e. The van der Waals surface area contributed by atoms with Crippen LogP contribution >= 0.6 is 11.8 Å². The third-order valence-electron chi connectivity index (χ3n) is 5.00. The van der Waals surface area contributed by atoms with Gasteiger partial charge in [-0.3, -0.25) is 4.79 Å². The first-order chi connectivity index (χ1) is 10.8. The number of carbonyl (C=O) groups is 1. The topological polar surface area (TPSA) is 26.3 Å². The molecule has 3 aliphatic rings. The van der Waals surface area contributed by atoms with E-state index >= 15 is 0 Å². The van der Waals surface area contributed by atoms with Crippen molar-refractivity contribution in [2.45, 2.75) is 68.8 Å². The van der Waals surface area contributed by atoms with Gasteiger partial charge >= 0.3 is 5.97 Å². The number of carbonyl (C=O) groups excluding carboxylic acids is 1. The van der Waals surface area contributed by atoms with Crippen molar-refractivity contribution >= 4 is 17.7 Å². The van der Waals surface area contributed by atoms with Crippen LogP contribution in [0.15, 0.2) is 23.8 Å². The van der Waals surface area contributed by atoms with Gasteiger partial charge in [0.25, 0.3) is 0 Å². The van der Waals surface area contributed by atoms with E-state index in [0.717, 1.165) is 18.1 Å². The lowest BCUT2D eigenvalue weighted by Gasteiger charge is -2.23. The normalized spacial score (nSPS) is 26.8. The molecule has 0 radical (unpaired) electrons. The maximum Gasteiger partial charge on any atom is 0.313 e. The van der Waals surface area contributed by atoms with E-state index < -0.39 is 0 Å². The third-order valence-corrected chi connectivity index (χ3v) is 6.55. The summed E-state index contributed by atoms with van der Waals surface area (Å²) in [5.74, 6) is 0.659. The Morgan fingerprint density at radius 2 is 2.09 bits per heavy atom. The third kappa shape index (κ3) is 4.41. The Labute approximate surface area is 138 Å². The van der Waals surface area contributed by atoms with Gasteiger partial charge in [-0.25, -0.2) is 0 Å². The average Bonchev–Trinajstić information content (AvgIpc) is 3.18. The molecule has 3 rings (SSSR count). The quantitative estimate of drug-likeness (QED) is 0.624. The van der Waals surface area contributed by atoms with Crippen molar-refractivity contribution in [3.05, 3.63) is 23.8 Å². The molecule has 2 nitrogen and oxygen atoms in total. The highest BCUT2D eigenvalue weighted by Gasteiger charge is 2.30. The second-order valence-corrected chi connectivity index (χ2v) is 8.41. The Kier molecular flexibility index (Phi) is 5.67. The molecular weight excluding hydrogens is 292 g/mol. The molecule has 0 spiro atoms. The molecule has 2 saturated carbocycles. The predicted octanol–water partition coefficient (Wildman–Crippen LogP) is 4.90. The Balaban J connectivity index is 1.61. The van der Waals surface area contributed by atoms with Gasteiger partial charge in [-0.05, 0) is 44.1 Å². The summed E-state index contributed by atoms with van der Waals surface area (Å²) in [5, 5.41) is 1.51. The number of esters is 1. The molecule has 3 aliphatic carbocycles. The van der Waals surface area contributed by atoms with E-state index in [0.29, 0.717) is 17.8 Å². The van der Waals surface area contributed by atoms with Gasteiger partial charge in [-0.2, -0.15) is 11.8 Å². The molecule has 2 atom stereocenters. The minimum atomic E-state index is -0.0359. The molecule has 2 unspecified atom stereocenters. The monoisotopic (exact) mass is 320 g/mol. The first kappa shape index (κ1) is 16.2. The standard InChI is InChI=1S/C19H28O2S/c1-2-21-19(20)18(13-14-5-3-4-6-14)15-7-9-16(10-8-15)22-17-11-12-17/h7-9,14,16-18H,2-6,10-13H2,1H3. The summed E-state index contributed by atoms with van der Waals surface area (Å²) in [6.07, 6.45) is 16.9. The van der Waals surface area contributed by atoms with Crippen molar-refractivity contribution in [3.8, 4) is 0 Å². The molecule has 2 fully saturated rings. The van der Waals surface area contributed by atoms with Crippen molar-refractivity contribution in [2.24, 2.45) is 11.8 Å². The van der Waals surface area contributed by atoms with Crippen LogP contribution in [0.2, 0.25) is 0 Å². The fraction of sp³-hybridized carbons (Fsp3) is 0.737. The zero-order chi connectivity index (χ0) is 15.4. The fourth-order valence-electron chi connectivity index (χ4n) is 3.62. The molecule has 0 aromatic carbocycles. The Bertz CT molecular complexity index is 444. The minimum absolute atomic E-state index is 0.0152. The number of hydrogen-bond donors (Lipinski definition) is 0. The van der Waals surface area contributed by atoms with E-state index in [1.165, 1.54) is 44.1 Å². The van der Waals surface area contributed by atoms with Gasteiger partial charge in [0.2, 0.25) is 0 Å². The molecule has 3 heteroatoms. The van der Waals surface area contributed by atoms with Crippen molar-refractivity contribution in [1.29, 1.82) is 0 Å². The SMILES string of the molecule is CCOC(=O)C(CC1CCCC1)C1=CCC(SC2CC2)C=C1. The van der Waals surface area contributed by atoms with Crippen LogP contribution < -0.4 is 0 Å². The number of allylic oxidation sites excluding steroid dienone is 2. The fourth-order valence-corrected chi connectivity index (χ4v) is 4.90. The highest BCUT2D eigenvalue weighted by atomic mass is 32.2. The molecule has 0 heterocycles. The Morgan fingerprint density at radius 3 is 2.68 bits per heavy atom. The number of ether oxygens (including phenoxy) is 1. The number of rotatable bonds is 7. The molecule has 0 aromatic heterocycles. The van der Waals surface area contributed by atoms with Crippen LogP contribution in [0.3, 0.4) is 0 Å². The van der Waals surface area contributed by atoms with Crippen LogP contribution in [0.1, 0.15) is 58.3 Å². The van der Waals surface area contributed by atoms with Crippen LogP contribution in [0.4, 0.5) is 0 Å². The summed E-state index contributed by atoms with van der Waals surface area (Å²) in [4.78, 5) is 12.4. The first-order valence-electron chi connectivity index (χ1n) is 8.96. The van der Waals surface area contributed by atoms with Gasteiger partial charge < -0.3 is 4.74 Å². The van der Waals surface area contributed by atoms with E-state index in [9.17, 15) is 4.79 Å². The Morgan fingerprint density at radius 1 is 1.32 bits per heavy atom. The van der Waals surface area contributed by atoms with Crippen LogP contribution in [-0.4, -0.2) is 23.1 Å². The van der Waals surface area contributed by atoms with E-state index in [-0.39, 0.29) is 11.9 Å². The van der Waals surface area contributed by atoms with E-state index in [2.05, 4.69) is 30.0 Å². The molecule has 0 saturated heterocycles. The van der Waals surface area contributed by atoms with Gasteiger partial charge in [-0.1, -0.05) is 43.9 Å². The van der Waals surface area contributed by atoms with Crippen molar-refractivity contribution in [1.82, 2.24) is 0 Å². The molecule has 122 valence electrons. The van der Waals surface area contributed by atoms with Gasteiger partial charge in [0.05, 0.1) is 12.5 Å². The minimum Gasteiger partial charge on any atom is -0.466 e. The molecule has 22 heavy (non-hydrogen) atoms. The zero-order valence-corrected chi connectivity index (χ0v) is 14.4.